The first-order chi connectivity index (χ1) is 11.1. The van der Waals surface area contributed by atoms with Crippen molar-refractivity contribution in [1.29, 1.82) is 0 Å². The highest BCUT2D eigenvalue weighted by molar-refractivity contribution is 5.83. The number of aromatic nitrogens is 1. The van der Waals surface area contributed by atoms with Gasteiger partial charge in [-0.2, -0.15) is 0 Å². The van der Waals surface area contributed by atoms with Crippen LogP contribution in [0, 0.1) is 5.41 Å². The first kappa shape index (κ1) is 15.6. The van der Waals surface area contributed by atoms with Gasteiger partial charge in [0.15, 0.2) is 0 Å². The van der Waals surface area contributed by atoms with E-state index < -0.39 is 11.4 Å². The molecule has 2 N–H and O–H groups in total. The number of carboxylic acid groups (broad SMARTS) is 1. The Bertz CT molecular complexity index is 716. The minimum Gasteiger partial charge on any atom is -0.481 e. The van der Waals surface area contributed by atoms with E-state index in [-0.39, 0.29) is 19.0 Å². The van der Waals surface area contributed by atoms with Crippen LogP contribution in [0.15, 0.2) is 36.5 Å². The van der Waals surface area contributed by atoms with Crippen LogP contribution in [-0.4, -0.2) is 41.3 Å². The van der Waals surface area contributed by atoms with Crippen LogP contribution in [0.1, 0.15) is 12.8 Å². The smallest absolute Gasteiger partial charge is 0.311 e. The summed E-state index contributed by atoms with van der Waals surface area (Å²) in [5.41, 5.74) is 0.0776. The average molecular weight is 316 g/mol. The van der Waals surface area contributed by atoms with E-state index >= 15 is 0 Å². The van der Waals surface area contributed by atoms with Gasteiger partial charge in [0.05, 0.1) is 5.41 Å². The van der Waals surface area contributed by atoms with E-state index in [1.54, 1.807) is 0 Å². The van der Waals surface area contributed by atoms with E-state index in [1.165, 1.54) is 0 Å². The Morgan fingerprint density at radius 1 is 1.22 bits per heavy atom. The minimum absolute atomic E-state index is 0.143. The molecular weight excluding hydrogens is 296 g/mol. The molecule has 6 heteroatoms. The maximum absolute atomic E-state index is 12.2. The standard InChI is InChI=1S/C17H20N2O4/c20-15(11-19-8-5-13-3-1-2-4-14(13)19)18-12-17(16(21)22)6-9-23-10-7-17/h1-5,8H,6-7,9-12H2,(H,18,20)(H,21,22). The summed E-state index contributed by atoms with van der Waals surface area (Å²) in [6, 6.07) is 9.79. The maximum Gasteiger partial charge on any atom is 0.311 e. The summed E-state index contributed by atoms with van der Waals surface area (Å²) in [5.74, 6) is -1.05. The Balaban J connectivity index is 1.64. The van der Waals surface area contributed by atoms with Crippen LogP contribution in [0.5, 0.6) is 0 Å². The molecule has 0 radical (unpaired) electrons. The van der Waals surface area contributed by atoms with Gasteiger partial charge in [-0.05, 0) is 30.4 Å². The molecule has 0 aliphatic carbocycles. The first-order valence-corrected chi connectivity index (χ1v) is 7.72. The van der Waals surface area contributed by atoms with Crippen LogP contribution in [0.4, 0.5) is 0 Å². The molecule has 1 fully saturated rings. The lowest BCUT2D eigenvalue weighted by Crippen LogP contribution is -2.47. The average Bonchev–Trinajstić information content (AvgIpc) is 2.97. The second-order valence-electron chi connectivity index (χ2n) is 5.98. The Kier molecular flexibility index (Phi) is 4.34. The number of fused-ring (bicyclic) bond motifs is 1. The molecule has 1 amide bonds. The van der Waals surface area contributed by atoms with Crippen molar-refractivity contribution in [1.82, 2.24) is 9.88 Å². The van der Waals surface area contributed by atoms with Crippen molar-refractivity contribution in [2.75, 3.05) is 19.8 Å². The van der Waals surface area contributed by atoms with Gasteiger partial charge in [-0.15, -0.1) is 0 Å². The number of nitrogens with zero attached hydrogens (tertiary/aromatic N) is 1. The molecule has 23 heavy (non-hydrogen) atoms. The largest absolute Gasteiger partial charge is 0.481 e. The zero-order chi connectivity index (χ0) is 16.3. The summed E-state index contributed by atoms with van der Waals surface area (Å²) in [4.78, 5) is 23.8. The van der Waals surface area contributed by atoms with Gasteiger partial charge in [0.25, 0.3) is 0 Å². The van der Waals surface area contributed by atoms with Crippen LogP contribution in [-0.2, 0) is 20.9 Å². The van der Waals surface area contributed by atoms with Gasteiger partial charge in [0, 0.05) is 31.5 Å². The van der Waals surface area contributed by atoms with Crippen molar-refractivity contribution in [3.63, 3.8) is 0 Å². The van der Waals surface area contributed by atoms with Crippen molar-refractivity contribution < 1.29 is 19.4 Å². The maximum atomic E-state index is 12.2. The number of ether oxygens (including phenoxy) is 1. The highest BCUT2D eigenvalue weighted by Crippen LogP contribution is 2.30. The summed E-state index contributed by atoms with van der Waals surface area (Å²) in [7, 11) is 0. The van der Waals surface area contributed by atoms with Crippen LogP contribution in [0.3, 0.4) is 0 Å². The fourth-order valence-electron chi connectivity index (χ4n) is 2.99. The molecule has 2 aromatic rings. The number of amides is 1. The summed E-state index contributed by atoms with van der Waals surface area (Å²) in [6.07, 6.45) is 2.72. The molecule has 0 bridgehead atoms. The SMILES string of the molecule is O=C(Cn1ccc2ccccc21)NCC1(C(=O)O)CCOCC1. The number of rotatable bonds is 5. The summed E-state index contributed by atoms with van der Waals surface area (Å²) < 4.78 is 7.10. The van der Waals surface area contributed by atoms with Crippen molar-refractivity contribution in [2.24, 2.45) is 5.41 Å². The van der Waals surface area contributed by atoms with Gasteiger partial charge in [-0.1, -0.05) is 18.2 Å². The molecule has 0 spiro atoms. The van der Waals surface area contributed by atoms with Gasteiger partial charge >= 0.3 is 5.97 Å². The normalized spacial score (nSPS) is 17.0. The monoisotopic (exact) mass is 316 g/mol. The highest BCUT2D eigenvalue weighted by Gasteiger charge is 2.40. The Hall–Kier alpha value is -2.34. The van der Waals surface area contributed by atoms with Crippen LogP contribution in [0.2, 0.25) is 0 Å². The third-order valence-electron chi connectivity index (χ3n) is 4.52. The third kappa shape index (κ3) is 3.22. The molecule has 122 valence electrons. The number of carbonyl (C=O) groups excluding carboxylic acids is 1. The number of benzene rings is 1. The molecule has 0 atom stereocenters. The molecule has 1 aromatic carbocycles. The van der Waals surface area contributed by atoms with E-state index in [4.69, 9.17) is 4.74 Å². The number of aliphatic carboxylic acids is 1. The van der Waals surface area contributed by atoms with E-state index in [1.807, 2.05) is 41.1 Å². The number of carboxylic acids is 1. The minimum atomic E-state index is -0.910. The molecule has 0 unspecified atom stereocenters. The quantitative estimate of drug-likeness (QED) is 0.879. The van der Waals surface area contributed by atoms with E-state index in [2.05, 4.69) is 5.32 Å². The summed E-state index contributed by atoms with van der Waals surface area (Å²) in [6.45, 7) is 1.16. The molecule has 1 saturated heterocycles. The van der Waals surface area contributed by atoms with Crippen molar-refractivity contribution in [3.05, 3.63) is 36.5 Å². The fourth-order valence-corrected chi connectivity index (χ4v) is 2.99. The lowest BCUT2D eigenvalue weighted by atomic mass is 9.80. The molecule has 3 rings (SSSR count). The molecule has 0 saturated carbocycles. The lowest BCUT2D eigenvalue weighted by molar-refractivity contribution is -0.154. The van der Waals surface area contributed by atoms with Gasteiger partial charge < -0.3 is 19.7 Å². The third-order valence-corrected chi connectivity index (χ3v) is 4.52. The Labute approximate surface area is 134 Å². The number of carbonyl (C=O) groups is 2. The summed E-state index contributed by atoms with van der Waals surface area (Å²) in [5, 5.41) is 13.3. The molecule has 1 aliphatic heterocycles. The zero-order valence-electron chi connectivity index (χ0n) is 12.8. The zero-order valence-corrected chi connectivity index (χ0v) is 12.8. The molecule has 2 heterocycles. The number of nitrogens with one attached hydrogen (secondary N) is 1. The number of hydrogen-bond acceptors (Lipinski definition) is 3. The van der Waals surface area contributed by atoms with E-state index in [0.29, 0.717) is 26.1 Å². The van der Waals surface area contributed by atoms with Gasteiger partial charge in [0.2, 0.25) is 5.91 Å². The van der Waals surface area contributed by atoms with Crippen LogP contribution in [0.25, 0.3) is 10.9 Å². The Morgan fingerprint density at radius 3 is 2.70 bits per heavy atom. The second kappa shape index (κ2) is 6.42. The predicted molar refractivity (Wildman–Crippen MR) is 85.1 cm³/mol. The van der Waals surface area contributed by atoms with Crippen LogP contribution < -0.4 is 5.32 Å². The highest BCUT2D eigenvalue weighted by atomic mass is 16.5. The topological polar surface area (TPSA) is 80.6 Å². The first-order valence-electron chi connectivity index (χ1n) is 7.72. The predicted octanol–water partition coefficient (Wildman–Crippen LogP) is 1.64. The second-order valence-corrected chi connectivity index (χ2v) is 5.98. The van der Waals surface area contributed by atoms with Gasteiger partial charge in [-0.25, -0.2) is 0 Å². The van der Waals surface area contributed by atoms with E-state index in [9.17, 15) is 14.7 Å². The summed E-state index contributed by atoms with van der Waals surface area (Å²) >= 11 is 0. The molecule has 1 aromatic heterocycles. The Morgan fingerprint density at radius 2 is 1.96 bits per heavy atom. The van der Waals surface area contributed by atoms with Crippen LogP contribution >= 0.6 is 0 Å². The van der Waals surface area contributed by atoms with Crippen molar-refractivity contribution in [3.8, 4) is 0 Å². The molecule has 1 aliphatic rings. The number of hydrogen-bond donors (Lipinski definition) is 2. The van der Waals surface area contributed by atoms with E-state index in [0.717, 1.165) is 10.9 Å². The van der Waals surface area contributed by atoms with Crippen molar-refractivity contribution >= 4 is 22.8 Å². The molecular formula is C17H20N2O4. The fraction of sp³-hybridized carbons (Fsp3) is 0.412. The lowest BCUT2D eigenvalue weighted by Gasteiger charge is -2.33. The number of para-hydroxylation sites is 1. The molecule has 6 nitrogen and oxygen atoms in total. The van der Waals surface area contributed by atoms with Gasteiger partial charge in [0.1, 0.15) is 6.54 Å². The van der Waals surface area contributed by atoms with Gasteiger partial charge in [-0.3, -0.25) is 9.59 Å². The van der Waals surface area contributed by atoms with Crippen molar-refractivity contribution in [2.45, 2.75) is 19.4 Å².